The summed E-state index contributed by atoms with van der Waals surface area (Å²) in [6, 6.07) is 5.91. The average Bonchev–Trinajstić information content (AvgIpc) is 2.53. The smallest absolute Gasteiger partial charge is 0.156 e. The van der Waals surface area contributed by atoms with Gasteiger partial charge in [-0.2, -0.15) is 0 Å². The summed E-state index contributed by atoms with van der Waals surface area (Å²) in [5.74, 6) is 0. The van der Waals surface area contributed by atoms with Crippen LogP contribution in [-0.2, 0) is 15.4 Å². The van der Waals surface area contributed by atoms with E-state index < -0.39 is 15.4 Å². The van der Waals surface area contributed by atoms with Crippen LogP contribution < -0.4 is 0 Å². The summed E-state index contributed by atoms with van der Waals surface area (Å²) in [5, 5.41) is 10.3. The fourth-order valence-corrected chi connectivity index (χ4v) is 6.21. The minimum atomic E-state index is -2.99. The van der Waals surface area contributed by atoms with E-state index in [0.29, 0.717) is 25.7 Å². The van der Waals surface area contributed by atoms with Crippen LogP contribution in [0.25, 0.3) is 0 Å². The SMILES string of the molecule is Cc1cccc(C2(O)CC3CCC(C2)S3(=O)=O)c1C. The van der Waals surface area contributed by atoms with Crippen LogP contribution in [0.3, 0.4) is 0 Å². The second kappa shape index (κ2) is 4.06. The predicted octanol–water partition coefficient (Wildman–Crippen LogP) is 2.23. The van der Waals surface area contributed by atoms with Gasteiger partial charge < -0.3 is 5.11 Å². The quantitative estimate of drug-likeness (QED) is 0.858. The van der Waals surface area contributed by atoms with Crippen molar-refractivity contribution in [1.29, 1.82) is 0 Å². The van der Waals surface area contributed by atoms with E-state index in [-0.39, 0.29) is 10.5 Å². The number of hydrogen-bond acceptors (Lipinski definition) is 3. The molecule has 2 aliphatic heterocycles. The molecule has 0 saturated carbocycles. The summed E-state index contributed by atoms with van der Waals surface area (Å²) < 4.78 is 24.3. The van der Waals surface area contributed by atoms with Crippen LogP contribution in [0, 0.1) is 13.8 Å². The number of aryl methyl sites for hydroxylation is 1. The summed E-state index contributed by atoms with van der Waals surface area (Å²) in [4.78, 5) is 0. The van der Waals surface area contributed by atoms with Crippen LogP contribution in [0.4, 0.5) is 0 Å². The van der Waals surface area contributed by atoms with Gasteiger partial charge in [-0.1, -0.05) is 18.2 Å². The van der Waals surface area contributed by atoms with Crippen molar-refractivity contribution < 1.29 is 13.5 Å². The van der Waals surface area contributed by atoms with E-state index in [1.165, 1.54) is 0 Å². The van der Waals surface area contributed by atoms with Gasteiger partial charge in [0.2, 0.25) is 0 Å². The van der Waals surface area contributed by atoms with E-state index in [1.54, 1.807) is 0 Å². The maximum absolute atomic E-state index is 12.1. The van der Waals surface area contributed by atoms with Gasteiger partial charge in [0.15, 0.2) is 9.84 Å². The zero-order chi connectivity index (χ0) is 13.8. The van der Waals surface area contributed by atoms with Crippen LogP contribution in [0.15, 0.2) is 18.2 Å². The average molecular weight is 280 g/mol. The van der Waals surface area contributed by atoms with Crippen molar-refractivity contribution in [1.82, 2.24) is 0 Å². The molecule has 3 nitrogen and oxygen atoms in total. The molecule has 2 saturated heterocycles. The third-order valence-corrected chi connectivity index (χ3v) is 7.64. The molecule has 0 aromatic heterocycles. The highest BCUT2D eigenvalue weighted by Crippen LogP contribution is 2.48. The van der Waals surface area contributed by atoms with Gasteiger partial charge in [0.05, 0.1) is 16.1 Å². The van der Waals surface area contributed by atoms with E-state index in [4.69, 9.17) is 0 Å². The monoisotopic (exact) mass is 280 g/mol. The molecule has 0 amide bonds. The van der Waals surface area contributed by atoms with Crippen LogP contribution in [0.5, 0.6) is 0 Å². The van der Waals surface area contributed by atoms with Crippen molar-refractivity contribution in [2.75, 3.05) is 0 Å². The molecular weight excluding hydrogens is 260 g/mol. The van der Waals surface area contributed by atoms with Crippen LogP contribution in [0.2, 0.25) is 0 Å². The molecular formula is C15H20O3S. The van der Waals surface area contributed by atoms with Gasteiger partial charge in [0, 0.05) is 0 Å². The number of hydrogen-bond donors (Lipinski definition) is 1. The first-order valence-corrected chi connectivity index (χ1v) is 8.47. The fraction of sp³-hybridized carbons (Fsp3) is 0.600. The number of aliphatic hydroxyl groups is 1. The van der Waals surface area contributed by atoms with Gasteiger partial charge >= 0.3 is 0 Å². The lowest BCUT2D eigenvalue weighted by atomic mass is 9.82. The Morgan fingerprint density at radius 3 is 2.32 bits per heavy atom. The summed E-state index contributed by atoms with van der Waals surface area (Å²) >= 11 is 0. The molecule has 104 valence electrons. The summed E-state index contributed by atoms with van der Waals surface area (Å²) in [6.45, 7) is 4.03. The number of sulfone groups is 1. The Kier molecular flexibility index (Phi) is 2.81. The van der Waals surface area contributed by atoms with Crippen LogP contribution in [-0.4, -0.2) is 24.0 Å². The highest BCUT2D eigenvalue weighted by Gasteiger charge is 2.53. The van der Waals surface area contributed by atoms with Gasteiger partial charge in [-0.3, -0.25) is 0 Å². The van der Waals surface area contributed by atoms with E-state index in [9.17, 15) is 13.5 Å². The Morgan fingerprint density at radius 1 is 1.16 bits per heavy atom. The first kappa shape index (κ1) is 13.1. The Balaban J connectivity index is 2.05. The van der Waals surface area contributed by atoms with Gasteiger partial charge in [-0.05, 0) is 56.2 Å². The predicted molar refractivity (Wildman–Crippen MR) is 74.8 cm³/mol. The van der Waals surface area contributed by atoms with Crippen molar-refractivity contribution in [3.8, 4) is 0 Å². The molecule has 1 aromatic rings. The minimum Gasteiger partial charge on any atom is -0.385 e. The van der Waals surface area contributed by atoms with Gasteiger partial charge in [-0.15, -0.1) is 0 Å². The van der Waals surface area contributed by atoms with Crippen molar-refractivity contribution in [2.24, 2.45) is 0 Å². The largest absolute Gasteiger partial charge is 0.385 e. The van der Waals surface area contributed by atoms with Crippen LogP contribution in [0.1, 0.15) is 42.4 Å². The molecule has 1 N–H and O–H groups in total. The molecule has 2 aliphatic rings. The summed E-state index contributed by atoms with van der Waals surface area (Å²) in [7, 11) is -2.99. The fourth-order valence-electron chi connectivity index (χ4n) is 3.72. The third-order valence-electron chi connectivity index (χ3n) is 4.98. The lowest BCUT2D eigenvalue weighted by molar-refractivity contribution is 0.0167. The first-order valence-electron chi connectivity index (χ1n) is 6.86. The minimum absolute atomic E-state index is 0.351. The Morgan fingerprint density at radius 2 is 1.74 bits per heavy atom. The topological polar surface area (TPSA) is 54.4 Å². The molecule has 2 heterocycles. The number of fused-ring (bicyclic) bond motifs is 2. The van der Waals surface area contributed by atoms with E-state index in [2.05, 4.69) is 0 Å². The molecule has 1 aromatic carbocycles. The Bertz CT molecular complexity index is 598. The van der Waals surface area contributed by atoms with Gasteiger partial charge in [0.25, 0.3) is 0 Å². The number of rotatable bonds is 1. The van der Waals surface area contributed by atoms with Gasteiger partial charge in [-0.25, -0.2) is 8.42 Å². The lowest BCUT2D eigenvalue weighted by Gasteiger charge is -2.37. The molecule has 0 radical (unpaired) electrons. The maximum Gasteiger partial charge on any atom is 0.156 e. The molecule has 2 unspecified atom stereocenters. The lowest BCUT2D eigenvalue weighted by Crippen LogP contribution is -2.43. The molecule has 4 heteroatoms. The summed E-state index contributed by atoms with van der Waals surface area (Å²) in [6.07, 6.45) is 2.13. The highest BCUT2D eigenvalue weighted by molar-refractivity contribution is 7.93. The molecule has 2 bridgehead atoms. The zero-order valence-electron chi connectivity index (χ0n) is 11.4. The second-order valence-corrected chi connectivity index (χ2v) is 8.61. The molecule has 0 aliphatic carbocycles. The van der Waals surface area contributed by atoms with E-state index in [0.717, 1.165) is 16.7 Å². The summed E-state index contributed by atoms with van der Waals surface area (Å²) in [5.41, 5.74) is 2.18. The van der Waals surface area contributed by atoms with Crippen LogP contribution >= 0.6 is 0 Å². The molecule has 3 rings (SSSR count). The standard InChI is InChI=1S/C15H20O3S/c1-10-4-3-5-14(11(10)2)15(16)8-12-6-7-13(9-15)19(12,17)18/h3-5,12-13,16H,6-9H2,1-2H3. The molecule has 19 heavy (non-hydrogen) atoms. The van der Waals surface area contributed by atoms with Gasteiger partial charge in [0.1, 0.15) is 0 Å². The van der Waals surface area contributed by atoms with Crippen molar-refractivity contribution in [3.05, 3.63) is 34.9 Å². The van der Waals surface area contributed by atoms with Crippen molar-refractivity contribution in [2.45, 2.75) is 55.6 Å². The Labute approximate surface area is 114 Å². The zero-order valence-corrected chi connectivity index (χ0v) is 12.2. The van der Waals surface area contributed by atoms with Crippen molar-refractivity contribution in [3.63, 3.8) is 0 Å². The third kappa shape index (κ3) is 1.84. The number of benzene rings is 1. The highest BCUT2D eigenvalue weighted by atomic mass is 32.2. The molecule has 0 spiro atoms. The second-order valence-electron chi connectivity index (χ2n) is 6.10. The molecule has 2 atom stereocenters. The van der Waals surface area contributed by atoms with E-state index in [1.807, 2.05) is 32.0 Å². The first-order chi connectivity index (χ1) is 8.84. The molecule has 2 fully saturated rings. The Hall–Kier alpha value is -0.870. The van der Waals surface area contributed by atoms with Crippen molar-refractivity contribution >= 4 is 9.84 Å². The normalized spacial score (nSPS) is 36.4. The van der Waals surface area contributed by atoms with E-state index >= 15 is 0 Å². The maximum atomic E-state index is 12.1.